The molecule has 3 aromatic heterocycles. The molecule has 0 N–H and O–H groups in total. The molecule has 0 saturated heterocycles. The highest BCUT2D eigenvalue weighted by Crippen LogP contribution is 2.61. The number of unbranched alkanes of at least 4 members (excludes halogenated alkanes) is 18. The molecule has 3 aliphatic carbocycles. The highest BCUT2D eigenvalue weighted by Gasteiger charge is 2.47. The summed E-state index contributed by atoms with van der Waals surface area (Å²) in [5, 5.41) is 21.3. The van der Waals surface area contributed by atoms with Gasteiger partial charge in [-0.1, -0.05) is 462 Å². The van der Waals surface area contributed by atoms with Gasteiger partial charge in [-0.05, 0) is 282 Å². The summed E-state index contributed by atoms with van der Waals surface area (Å²) in [5.41, 5.74) is 40.1. The van der Waals surface area contributed by atoms with Crippen LogP contribution in [-0.2, 0) is 27.1 Å². The van der Waals surface area contributed by atoms with E-state index in [0.29, 0.717) is 11.8 Å². The molecule has 3 aliphatic rings. The number of benzene rings is 15. The predicted octanol–water partition coefficient (Wildman–Crippen LogP) is 40.8. The zero-order chi connectivity index (χ0) is 103. The van der Waals surface area contributed by atoms with Crippen LogP contribution in [0.25, 0.3) is 146 Å². The number of nitrogens with zero attached hydrogens (tertiary/aromatic N) is 7. The summed E-state index contributed by atoms with van der Waals surface area (Å²) in [6, 6.07) is 130. The molecule has 8 nitrogen and oxygen atoms in total. The molecule has 0 spiro atoms. The second-order valence-electron chi connectivity index (χ2n) is 45.2. The molecule has 8 heteroatoms. The van der Waals surface area contributed by atoms with Crippen LogP contribution in [-0.4, -0.2) is 29.5 Å². The molecule has 18 aromatic rings. The van der Waals surface area contributed by atoms with Crippen LogP contribution >= 0.6 is 0 Å². The van der Waals surface area contributed by atoms with E-state index in [-0.39, 0.29) is 27.1 Å². The number of anilines is 3. The predicted molar refractivity (Wildman–Crippen MR) is 631 cm³/mol. The second-order valence-corrected chi connectivity index (χ2v) is 45.2. The van der Waals surface area contributed by atoms with E-state index in [1.165, 1.54) is 299 Å². The van der Waals surface area contributed by atoms with E-state index in [9.17, 15) is 0 Å². The van der Waals surface area contributed by atoms with Crippen LogP contribution < -0.4 is 4.90 Å². The number of fused-ring (bicyclic) bond motifs is 12. The molecule has 0 fully saturated rings. The van der Waals surface area contributed by atoms with Crippen LogP contribution in [0.5, 0.6) is 0 Å². The van der Waals surface area contributed by atoms with E-state index in [1.807, 2.05) is 0 Å². The van der Waals surface area contributed by atoms with Gasteiger partial charge in [0.2, 0.25) is 11.8 Å². The number of aromatic nitrogens is 6. The Morgan fingerprint density at radius 3 is 0.866 bits per heavy atom. The number of rotatable bonds is 42. The zero-order valence-electron chi connectivity index (χ0n) is 90.7. The number of para-hydroxylation sites is 5. The van der Waals surface area contributed by atoms with Crippen molar-refractivity contribution in [2.24, 2.45) is 0 Å². The van der Waals surface area contributed by atoms with E-state index in [1.54, 1.807) is 11.1 Å². The Morgan fingerprint density at radius 2 is 0.510 bits per heavy atom. The Labute approximate surface area is 888 Å². The maximum atomic E-state index is 6.22. The highest BCUT2D eigenvalue weighted by molar-refractivity contribution is 6.09. The van der Waals surface area contributed by atoms with Gasteiger partial charge in [0.05, 0.1) is 11.0 Å². The van der Waals surface area contributed by atoms with Crippen LogP contribution in [0, 0.1) is 0 Å². The lowest BCUT2D eigenvalue weighted by molar-refractivity contribution is 0.401. The van der Waals surface area contributed by atoms with Gasteiger partial charge in [-0.2, -0.15) is 0 Å². The number of hydrogen-bond acceptors (Lipinski definition) is 6. The average Bonchev–Trinajstić information content (AvgIpc) is 1.56. The Kier molecular flexibility index (Phi) is 31.4. The van der Waals surface area contributed by atoms with Crippen molar-refractivity contribution in [2.45, 2.75) is 303 Å². The fourth-order valence-corrected chi connectivity index (χ4v) is 25.2. The fourth-order valence-electron chi connectivity index (χ4n) is 25.2. The topological polar surface area (TPSA) is 77.8 Å². The minimum Gasteiger partial charge on any atom is -0.416 e. The molecule has 0 bridgehead atoms. The van der Waals surface area contributed by atoms with Gasteiger partial charge in [0.15, 0.2) is 11.6 Å². The van der Waals surface area contributed by atoms with Gasteiger partial charge in [-0.15, -0.1) is 20.4 Å². The first kappa shape index (κ1) is 102. The van der Waals surface area contributed by atoms with Crippen molar-refractivity contribution < 1.29 is 4.42 Å². The lowest BCUT2D eigenvalue weighted by Gasteiger charge is -2.34. The molecular formula is C141H153N7O. The summed E-state index contributed by atoms with van der Waals surface area (Å²) < 4.78 is 10.9. The van der Waals surface area contributed by atoms with Crippen molar-refractivity contribution >= 4 is 38.9 Å². The van der Waals surface area contributed by atoms with Gasteiger partial charge in [-0.3, -0.25) is 4.57 Å². The third kappa shape index (κ3) is 21.0. The van der Waals surface area contributed by atoms with E-state index in [2.05, 4.69) is 453 Å². The fraction of sp³-hybridized carbons (Fsp3) is 0.333. The lowest BCUT2D eigenvalue weighted by Crippen LogP contribution is -2.26. The molecule has 15 aromatic carbocycles. The Bertz CT molecular complexity index is 7460. The van der Waals surface area contributed by atoms with Crippen molar-refractivity contribution in [1.29, 1.82) is 0 Å². The van der Waals surface area contributed by atoms with Crippen molar-refractivity contribution in [3.63, 3.8) is 0 Å². The molecule has 0 saturated carbocycles. The van der Waals surface area contributed by atoms with Crippen molar-refractivity contribution in [1.82, 2.24) is 29.5 Å². The summed E-state index contributed by atoms with van der Waals surface area (Å²) in [6.07, 6.45) is 37.0. The average molecular weight is 1960 g/mol. The third-order valence-corrected chi connectivity index (χ3v) is 33.3. The zero-order valence-corrected chi connectivity index (χ0v) is 90.7. The largest absolute Gasteiger partial charge is 0.416 e. The van der Waals surface area contributed by atoms with Gasteiger partial charge in [0, 0.05) is 77.7 Å². The molecule has 758 valence electrons. The van der Waals surface area contributed by atoms with Gasteiger partial charge in [0.25, 0.3) is 0 Å². The van der Waals surface area contributed by atoms with Crippen molar-refractivity contribution in [3.8, 4) is 124 Å². The normalized spacial score (nSPS) is 13.4. The monoisotopic (exact) mass is 1960 g/mol. The number of hydrogen-bond donors (Lipinski definition) is 0. The first-order valence-corrected chi connectivity index (χ1v) is 56.9. The van der Waals surface area contributed by atoms with Crippen molar-refractivity contribution in [3.05, 3.63) is 390 Å². The molecule has 21 rings (SSSR count). The maximum Gasteiger partial charge on any atom is 0.248 e. The first-order chi connectivity index (χ1) is 72.9. The summed E-state index contributed by atoms with van der Waals surface area (Å²) in [5.74, 6) is 2.75. The third-order valence-electron chi connectivity index (χ3n) is 33.3. The van der Waals surface area contributed by atoms with E-state index in [0.717, 1.165) is 78.1 Å². The molecule has 3 heterocycles. The van der Waals surface area contributed by atoms with E-state index in [4.69, 9.17) is 14.6 Å². The van der Waals surface area contributed by atoms with E-state index < -0.39 is 0 Å². The van der Waals surface area contributed by atoms with Crippen LogP contribution in [0.1, 0.15) is 320 Å². The SMILES string of the molecule is CCCCCCC1(CCCCCC)c2cc(-c3ccc(-c4nnc(-c5ccc(C(C)(C)C)cc5)n4-c4ccccc4)cc3)ccc2-c2ccc(-c3ccc4c(c3)C(CCCCCC)(CCCCCC)c3cc(N(c5ccccc5)c5ccccc5)ccc3-4)cc21.CCCCCCC1(CCCCCC)c2cc(-c3ccc(-c4nnc(-c5ccc(C(C)(C)C)cc5)o4)cc3)ccc2-c2ccc(-n3c4ccccc4c4ccccc43)cc21. The molecule has 149 heavy (non-hydrogen) atoms. The van der Waals surface area contributed by atoms with Crippen LogP contribution in [0.2, 0.25) is 0 Å². The maximum absolute atomic E-state index is 6.22. The minimum absolute atomic E-state index is 0.0535. The molecule has 0 aliphatic heterocycles. The quantitative estimate of drug-likeness (QED) is 0.0355. The van der Waals surface area contributed by atoms with Gasteiger partial charge >= 0.3 is 0 Å². The first-order valence-electron chi connectivity index (χ1n) is 56.9. The van der Waals surface area contributed by atoms with Crippen LogP contribution in [0.3, 0.4) is 0 Å². The molecule has 0 amide bonds. The smallest absolute Gasteiger partial charge is 0.248 e. The molecule has 0 unspecified atom stereocenters. The summed E-state index contributed by atoms with van der Waals surface area (Å²) >= 11 is 0. The van der Waals surface area contributed by atoms with Crippen LogP contribution in [0.15, 0.2) is 350 Å². The lowest BCUT2D eigenvalue weighted by atomic mass is 9.69. The van der Waals surface area contributed by atoms with Gasteiger partial charge < -0.3 is 13.9 Å². The molecule has 0 atom stereocenters. The van der Waals surface area contributed by atoms with Gasteiger partial charge in [0.1, 0.15) is 0 Å². The Morgan fingerprint density at radius 1 is 0.228 bits per heavy atom. The van der Waals surface area contributed by atoms with E-state index >= 15 is 0 Å². The van der Waals surface area contributed by atoms with Gasteiger partial charge in [-0.25, -0.2) is 0 Å². The minimum atomic E-state index is -0.0965. The summed E-state index contributed by atoms with van der Waals surface area (Å²) in [4.78, 5) is 2.47. The van der Waals surface area contributed by atoms with Crippen LogP contribution in [0.4, 0.5) is 17.1 Å². The standard InChI is InChI=1S/C86H96N4.C55H57N3O/c1-8-12-16-29-55-85(56-30-17-13-9-2)78-59-66(63-39-41-64(42-40-63)82-87-88-83(90(82)72-37-27-22-28-38-72)65-43-48-69(49-44-65)84(5,6)7)45-51-74(78)75-52-46-67(60-79(75)85)68-47-53-76-77-54-50-73(89(70-33-23-20-24-34-70)71-35-25-21-26-36-71)62-81(77)86(80(76)61-68,57-31-18-14-10-3)58-32-19-15-11-4;1-6-8-10-16-34-55(35-17-11-9-7-2)48-36-41(38-22-24-39(25-23-38)52-56-57-53(59-52)40-26-29-42(30-27-40)54(3,4)5)28-32-44(48)45-33-31-43(37-49(45)55)58-50-20-14-12-18-46(50)47-19-13-15-21-51(47)58/h20-28,33-54,59-62H,8-19,29-32,55-58H2,1-7H3;12-15,18-33,36-37H,6-11,16-17,34-35H2,1-5H3. The second kappa shape index (κ2) is 45.7. The Hall–Kier alpha value is -13.8. The molecular weight excluding hydrogens is 1810 g/mol. The summed E-state index contributed by atoms with van der Waals surface area (Å²) in [6.45, 7) is 27.5. The molecule has 0 radical (unpaired) electrons. The summed E-state index contributed by atoms with van der Waals surface area (Å²) in [7, 11) is 0. The Balaban J connectivity index is 0.000000197. The van der Waals surface area contributed by atoms with Crippen molar-refractivity contribution in [2.75, 3.05) is 4.90 Å². The highest BCUT2D eigenvalue weighted by atomic mass is 16.4.